The third-order valence-corrected chi connectivity index (χ3v) is 5.50. The summed E-state index contributed by atoms with van der Waals surface area (Å²) in [4.78, 5) is 25.5. The van der Waals surface area contributed by atoms with E-state index in [9.17, 15) is 9.59 Å². The summed E-state index contributed by atoms with van der Waals surface area (Å²) < 4.78 is 22.8. The van der Waals surface area contributed by atoms with Crippen molar-refractivity contribution in [1.29, 1.82) is 0 Å². The lowest BCUT2D eigenvalue weighted by atomic mass is 10.1. The van der Waals surface area contributed by atoms with Crippen molar-refractivity contribution in [2.45, 2.75) is 19.1 Å². The smallest absolute Gasteiger partial charge is 0.251 e. The lowest BCUT2D eigenvalue weighted by Crippen LogP contribution is -2.24. The van der Waals surface area contributed by atoms with E-state index < -0.39 is 6.04 Å². The number of benzene rings is 2. The predicted octanol–water partition coefficient (Wildman–Crippen LogP) is 2.96. The molecule has 2 aromatic carbocycles. The van der Waals surface area contributed by atoms with Crippen LogP contribution in [0.25, 0.3) is 11.1 Å². The fourth-order valence-corrected chi connectivity index (χ4v) is 4.00. The standard InChI is InChI=1S/C23H22N4O6/c1-30-11-16-21(13-4-3-5-15(8-13)31-2)22-25-23(29)17(27(22)26-16)10-20(28)24-14-6-7-18-19(9-14)33-12-32-18/h3-9,17H,10-12H2,1-2H3,(H,24,28)(H,25,29). The molecule has 33 heavy (non-hydrogen) atoms. The van der Waals surface area contributed by atoms with E-state index in [1.165, 1.54) is 0 Å². The van der Waals surface area contributed by atoms with Gasteiger partial charge in [-0.1, -0.05) is 12.1 Å². The van der Waals surface area contributed by atoms with Gasteiger partial charge < -0.3 is 29.6 Å². The first-order valence-electron chi connectivity index (χ1n) is 10.3. The highest BCUT2D eigenvalue weighted by molar-refractivity contribution is 6.04. The maximum absolute atomic E-state index is 12.8. The molecule has 0 bridgehead atoms. The van der Waals surface area contributed by atoms with Gasteiger partial charge in [0.2, 0.25) is 12.7 Å². The molecule has 5 rings (SSSR count). The molecule has 170 valence electrons. The number of rotatable bonds is 7. The van der Waals surface area contributed by atoms with Crippen LogP contribution in [0, 0.1) is 0 Å². The highest BCUT2D eigenvalue weighted by Crippen LogP contribution is 2.40. The van der Waals surface area contributed by atoms with E-state index in [-0.39, 0.29) is 31.6 Å². The molecule has 0 saturated carbocycles. The second kappa shape index (κ2) is 8.47. The predicted molar refractivity (Wildman–Crippen MR) is 118 cm³/mol. The number of nitrogens with zero attached hydrogens (tertiary/aromatic N) is 2. The van der Waals surface area contributed by atoms with Crippen LogP contribution in [0.3, 0.4) is 0 Å². The number of amides is 2. The summed E-state index contributed by atoms with van der Waals surface area (Å²) in [6.07, 6.45) is -0.0844. The Morgan fingerprint density at radius 2 is 2.06 bits per heavy atom. The molecule has 2 aliphatic rings. The molecule has 2 amide bonds. The Morgan fingerprint density at radius 3 is 2.88 bits per heavy atom. The van der Waals surface area contributed by atoms with E-state index in [0.29, 0.717) is 34.4 Å². The summed E-state index contributed by atoms with van der Waals surface area (Å²) in [6.45, 7) is 0.398. The maximum atomic E-state index is 12.8. The average Bonchev–Trinajstić information content (AvgIpc) is 3.49. The number of carbonyl (C=O) groups is 2. The van der Waals surface area contributed by atoms with E-state index in [1.807, 2.05) is 24.3 Å². The van der Waals surface area contributed by atoms with Gasteiger partial charge in [0.05, 0.1) is 31.4 Å². The SMILES string of the molecule is COCc1nn2c(c1-c1cccc(OC)c1)NC(=O)C2CC(=O)Nc1ccc2c(c1)OCO2. The van der Waals surface area contributed by atoms with E-state index >= 15 is 0 Å². The van der Waals surface area contributed by atoms with Gasteiger partial charge in [-0.2, -0.15) is 5.10 Å². The lowest BCUT2D eigenvalue weighted by molar-refractivity contribution is -0.123. The molecule has 0 fully saturated rings. The third kappa shape index (κ3) is 3.85. The van der Waals surface area contributed by atoms with Gasteiger partial charge in [0, 0.05) is 18.9 Å². The minimum Gasteiger partial charge on any atom is -0.497 e. The zero-order chi connectivity index (χ0) is 22.9. The van der Waals surface area contributed by atoms with Crippen LogP contribution < -0.4 is 24.8 Å². The Hall–Kier alpha value is -4.05. The van der Waals surface area contributed by atoms with Crippen LogP contribution in [-0.2, 0) is 20.9 Å². The Bertz CT molecular complexity index is 1240. The summed E-state index contributed by atoms with van der Waals surface area (Å²) in [5.74, 6) is 1.77. The van der Waals surface area contributed by atoms with Crippen molar-refractivity contribution in [3.63, 3.8) is 0 Å². The topological polar surface area (TPSA) is 113 Å². The minimum absolute atomic E-state index is 0.0844. The number of nitrogens with one attached hydrogen (secondary N) is 2. The molecule has 2 aliphatic heterocycles. The molecular formula is C23H22N4O6. The van der Waals surface area contributed by atoms with Gasteiger partial charge in [-0.3, -0.25) is 9.59 Å². The van der Waals surface area contributed by atoms with Gasteiger partial charge >= 0.3 is 0 Å². The number of fused-ring (bicyclic) bond motifs is 2. The molecule has 0 radical (unpaired) electrons. The minimum atomic E-state index is -0.788. The van der Waals surface area contributed by atoms with Crippen LogP contribution in [-0.4, -0.2) is 42.6 Å². The highest BCUT2D eigenvalue weighted by Gasteiger charge is 2.37. The van der Waals surface area contributed by atoms with Gasteiger partial charge in [-0.25, -0.2) is 4.68 Å². The van der Waals surface area contributed by atoms with E-state index in [2.05, 4.69) is 15.7 Å². The van der Waals surface area contributed by atoms with E-state index in [1.54, 1.807) is 37.1 Å². The summed E-state index contributed by atoms with van der Waals surface area (Å²) in [5, 5.41) is 10.3. The lowest BCUT2D eigenvalue weighted by Gasteiger charge is -2.10. The normalized spacial score (nSPS) is 15.8. The van der Waals surface area contributed by atoms with Crippen LogP contribution in [0.4, 0.5) is 11.5 Å². The number of hydrogen-bond donors (Lipinski definition) is 2. The fourth-order valence-electron chi connectivity index (χ4n) is 4.00. The Balaban J connectivity index is 1.41. The second-order valence-electron chi connectivity index (χ2n) is 7.61. The molecule has 2 N–H and O–H groups in total. The molecule has 0 aliphatic carbocycles. The van der Waals surface area contributed by atoms with Crippen LogP contribution in [0.5, 0.6) is 17.2 Å². The quantitative estimate of drug-likeness (QED) is 0.569. The second-order valence-corrected chi connectivity index (χ2v) is 7.61. The van der Waals surface area contributed by atoms with Crippen LogP contribution in [0.2, 0.25) is 0 Å². The van der Waals surface area contributed by atoms with Crippen molar-refractivity contribution >= 4 is 23.3 Å². The van der Waals surface area contributed by atoms with Crippen molar-refractivity contribution < 1.29 is 28.5 Å². The molecule has 3 aromatic rings. The number of anilines is 2. The van der Waals surface area contributed by atoms with E-state index in [4.69, 9.17) is 18.9 Å². The molecule has 1 atom stereocenters. The fraction of sp³-hybridized carbons (Fsp3) is 0.261. The monoisotopic (exact) mass is 450 g/mol. The molecule has 10 nitrogen and oxygen atoms in total. The van der Waals surface area contributed by atoms with Crippen molar-refractivity contribution in [2.24, 2.45) is 0 Å². The van der Waals surface area contributed by atoms with Gasteiger partial charge in [-0.05, 0) is 29.8 Å². The molecular weight excluding hydrogens is 428 g/mol. The first kappa shape index (κ1) is 20.8. The number of methoxy groups -OCH3 is 2. The first-order valence-corrected chi connectivity index (χ1v) is 10.3. The highest BCUT2D eigenvalue weighted by atomic mass is 16.7. The average molecular weight is 450 g/mol. The molecule has 0 saturated heterocycles. The summed E-state index contributed by atoms with van der Waals surface area (Å²) in [6, 6.07) is 11.8. The Labute approximate surface area is 189 Å². The molecule has 1 unspecified atom stereocenters. The number of hydrogen-bond acceptors (Lipinski definition) is 7. The van der Waals surface area contributed by atoms with Crippen molar-refractivity contribution in [3.05, 3.63) is 48.2 Å². The Kier molecular flexibility index (Phi) is 5.35. The van der Waals surface area contributed by atoms with Gasteiger partial charge in [0.25, 0.3) is 5.91 Å². The molecule has 1 aromatic heterocycles. The molecule has 0 spiro atoms. The van der Waals surface area contributed by atoms with Crippen molar-refractivity contribution in [3.8, 4) is 28.4 Å². The largest absolute Gasteiger partial charge is 0.497 e. The summed E-state index contributed by atoms with van der Waals surface area (Å²) in [7, 11) is 3.17. The van der Waals surface area contributed by atoms with Gasteiger partial charge in [0.15, 0.2) is 11.5 Å². The van der Waals surface area contributed by atoms with E-state index in [0.717, 1.165) is 11.1 Å². The van der Waals surface area contributed by atoms with Crippen LogP contribution >= 0.6 is 0 Å². The number of ether oxygens (including phenoxy) is 4. The summed E-state index contributed by atoms with van der Waals surface area (Å²) >= 11 is 0. The molecule has 3 heterocycles. The third-order valence-electron chi connectivity index (χ3n) is 5.50. The summed E-state index contributed by atoms with van der Waals surface area (Å²) in [5.41, 5.74) is 2.78. The maximum Gasteiger partial charge on any atom is 0.251 e. The first-order chi connectivity index (χ1) is 16.1. The molecule has 10 heteroatoms. The number of carbonyl (C=O) groups excluding carboxylic acids is 2. The zero-order valence-electron chi connectivity index (χ0n) is 18.1. The van der Waals surface area contributed by atoms with Gasteiger partial charge in [-0.15, -0.1) is 0 Å². The Morgan fingerprint density at radius 1 is 1.21 bits per heavy atom. The van der Waals surface area contributed by atoms with Gasteiger partial charge in [0.1, 0.15) is 17.6 Å². The zero-order valence-corrected chi connectivity index (χ0v) is 18.1. The van der Waals surface area contributed by atoms with Crippen molar-refractivity contribution in [2.75, 3.05) is 31.6 Å². The van der Waals surface area contributed by atoms with Crippen LogP contribution in [0.1, 0.15) is 18.2 Å². The van der Waals surface area contributed by atoms with Crippen LogP contribution in [0.15, 0.2) is 42.5 Å². The van der Waals surface area contributed by atoms with Crippen molar-refractivity contribution in [1.82, 2.24) is 9.78 Å². The number of aromatic nitrogens is 2.